The maximum Gasteiger partial charge on any atom is 0.573 e. The number of hydrogen-bond acceptors (Lipinski definition) is 5. The van der Waals surface area contributed by atoms with Crippen LogP contribution in [0.1, 0.15) is 16.7 Å². The molecular weight excluding hydrogens is 580 g/mol. The van der Waals surface area contributed by atoms with Gasteiger partial charge in [0.25, 0.3) is 10.0 Å². The van der Waals surface area contributed by atoms with Gasteiger partial charge in [-0.1, -0.05) is 42.5 Å². The quantitative estimate of drug-likeness (QED) is 0.139. The maximum absolute atomic E-state index is 14.0. The van der Waals surface area contributed by atoms with Crippen LogP contribution < -0.4 is 10.1 Å². The lowest BCUT2D eigenvalue weighted by atomic mass is 10.2. The molecule has 4 rings (SSSR count). The van der Waals surface area contributed by atoms with Gasteiger partial charge in [-0.15, -0.1) is 17.6 Å². The first-order valence-corrected chi connectivity index (χ1v) is 14.0. The molecule has 41 heavy (non-hydrogen) atoms. The minimum absolute atomic E-state index is 0.00772. The summed E-state index contributed by atoms with van der Waals surface area (Å²) in [7, 11) is -4.32. The highest BCUT2D eigenvalue weighted by Gasteiger charge is 2.34. The summed E-state index contributed by atoms with van der Waals surface area (Å²) in [6, 6.07) is 21.5. The number of hydrazine groups is 1. The Balaban J connectivity index is 1.75. The van der Waals surface area contributed by atoms with Crippen molar-refractivity contribution in [3.8, 4) is 5.75 Å². The Hall–Kier alpha value is -4.07. The van der Waals surface area contributed by atoms with Crippen LogP contribution in [-0.4, -0.2) is 34.3 Å². The molecule has 3 aromatic carbocycles. The van der Waals surface area contributed by atoms with Crippen molar-refractivity contribution in [2.24, 2.45) is 0 Å². The van der Waals surface area contributed by atoms with Crippen LogP contribution in [0.4, 0.5) is 17.6 Å². The van der Waals surface area contributed by atoms with E-state index in [9.17, 15) is 26.0 Å². The number of alkyl halides is 3. The first-order chi connectivity index (χ1) is 19.5. The molecule has 0 aliphatic rings. The minimum atomic E-state index is -4.93. The van der Waals surface area contributed by atoms with E-state index in [1.807, 2.05) is 0 Å². The van der Waals surface area contributed by atoms with Crippen LogP contribution in [0.3, 0.4) is 0 Å². The van der Waals surface area contributed by atoms with Crippen LogP contribution in [0.15, 0.2) is 108 Å². The third kappa shape index (κ3) is 8.46. The summed E-state index contributed by atoms with van der Waals surface area (Å²) >= 11 is 5.65. The number of aromatic nitrogens is 1. The van der Waals surface area contributed by atoms with Crippen LogP contribution in [-0.2, 0) is 29.7 Å². The van der Waals surface area contributed by atoms with Crippen molar-refractivity contribution in [1.82, 2.24) is 19.7 Å². The number of thiocarbonyl (C=S) groups is 1. The molecule has 0 radical (unpaired) electrons. The monoisotopic (exact) mass is 604 g/mol. The average molecular weight is 605 g/mol. The van der Waals surface area contributed by atoms with Gasteiger partial charge in [0.15, 0.2) is 5.11 Å². The Kier molecular flexibility index (Phi) is 9.53. The molecule has 0 fully saturated rings. The van der Waals surface area contributed by atoms with Crippen LogP contribution in [0.2, 0.25) is 0 Å². The normalized spacial score (nSPS) is 11.7. The lowest BCUT2D eigenvalue weighted by Crippen LogP contribution is -2.52. The fraction of sp³-hybridized carbons (Fsp3) is 0.143. The molecule has 0 atom stereocenters. The van der Waals surface area contributed by atoms with Crippen molar-refractivity contribution in [2.75, 3.05) is 0 Å². The van der Waals surface area contributed by atoms with Crippen LogP contribution >= 0.6 is 12.2 Å². The third-order valence-electron chi connectivity index (χ3n) is 5.71. The minimum Gasteiger partial charge on any atom is -0.406 e. The summed E-state index contributed by atoms with van der Waals surface area (Å²) in [5.74, 6) is -0.982. The topological polar surface area (TPSA) is 74.8 Å². The molecular formula is C28H24F4N4O3S2. The Morgan fingerprint density at radius 3 is 2.20 bits per heavy atom. The molecule has 7 nitrogen and oxygen atoms in total. The Bertz CT molecular complexity index is 1560. The zero-order chi connectivity index (χ0) is 29.5. The second-order valence-electron chi connectivity index (χ2n) is 8.69. The van der Waals surface area contributed by atoms with Crippen LogP contribution in [0.25, 0.3) is 0 Å². The third-order valence-corrected chi connectivity index (χ3v) is 7.81. The molecule has 0 spiro atoms. The SMILES string of the molecule is O=S(=O)(c1ccccc1)N(Cc1cccc(OC(F)(F)F)c1)N(Cc1ccc(F)cc1)C(=S)NCc1ccncc1. The molecule has 0 aliphatic heterocycles. The van der Waals surface area contributed by atoms with E-state index < -0.39 is 34.5 Å². The fourth-order valence-corrected chi connectivity index (χ4v) is 5.54. The number of benzene rings is 3. The van der Waals surface area contributed by atoms with Gasteiger partial charge in [0.2, 0.25) is 0 Å². The smallest absolute Gasteiger partial charge is 0.406 e. The first-order valence-electron chi connectivity index (χ1n) is 12.1. The van der Waals surface area contributed by atoms with Crippen LogP contribution in [0.5, 0.6) is 5.75 Å². The van der Waals surface area contributed by atoms with Gasteiger partial charge in [0.05, 0.1) is 18.0 Å². The van der Waals surface area contributed by atoms with E-state index in [-0.39, 0.29) is 28.7 Å². The number of sulfonamides is 1. The van der Waals surface area contributed by atoms with Crippen molar-refractivity contribution in [3.63, 3.8) is 0 Å². The Morgan fingerprint density at radius 2 is 1.54 bits per heavy atom. The summed E-state index contributed by atoms with van der Waals surface area (Å²) in [6.07, 6.45) is -1.74. The van der Waals surface area contributed by atoms with Gasteiger partial charge in [-0.2, -0.15) is 0 Å². The van der Waals surface area contributed by atoms with Gasteiger partial charge in [0, 0.05) is 18.9 Å². The van der Waals surface area contributed by atoms with E-state index in [1.165, 1.54) is 53.5 Å². The van der Waals surface area contributed by atoms with Gasteiger partial charge >= 0.3 is 6.36 Å². The van der Waals surface area contributed by atoms with Crippen molar-refractivity contribution < 1.29 is 30.7 Å². The lowest BCUT2D eigenvalue weighted by molar-refractivity contribution is -0.274. The molecule has 1 heterocycles. The first kappa shape index (κ1) is 29.9. The van der Waals surface area contributed by atoms with Gasteiger partial charge in [-0.05, 0) is 77.4 Å². The summed E-state index contributed by atoms with van der Waals surface area (Å²) in [6.45, 7) is -0.271. The highest BCUT2D eigenvalue weighted by Crippen LogP contribution is 2.27. The number of pyridine rings is 1. The van der Waals surface area contributed by atoms with Gasteiger partial charge in [-0.3, -0.25) is 9.99 Å². The number of hydrogen-bond donors (Lipinski definition) is 1. The molecule has 1 N–H and O–H groups in total. The van der Waals surface area contributed by atoms with E-state index in [0.29, 0.717) is 5.56 Å². The van der Waals surface area contributed by atoms with Crippen molar-refractivity contribution in [2.45, 2.75) is 30.9 Å². The molecule has 0 unspecified atom stereocenters. The molecule has 214 valence electrons. The van der Waals surface area contributed by atoms with E-state index >= 15 is 0 Å². The van der Waals surface area contributed by atoms with E-state index in [4.69, 9.17) is 12.2 Å². The Morgan fingerprint density at radius 1 is 0.854 bits per heavy atom. The van der Waals surface area contributed by atoms with E-state index in [1.54, 1.807) is 42.7 Å². The highest BCUT2D eigenvalue weighted by molar-refractivity contribution is 7.89. The van der Waals surface area contributed by atoms with Gasteiger partial charge in [-0.25, -0.2) is 12.8 Å². The zero-order valence-electron chi connectivity index (χ0n) is 21.3. The molecule has 0 saturated heterocycles. The largest absolute Gasteiger partial charge is 0.573 e. The summed E-state index contributed by atoms with van der Waals surface area (Å²) < 4.78 is 85.4. The molecule has 0 aliphatic carbocycles. The maximum atomic E-state index is 14.0. The molecule has 0 saturated carbocycles. The van der Waals surface area contributed by atoms with Gasteiger partial charge < -0.3 is 10.1 Å². The number of rotatable bonds is 10. The number of ether oxygens (including phenoxy) is 1. The highest BCUT2D eigenvalue weighted by atomic mass is 32.2. The van der Waals surface area contributed by atoms with Crippen molar-refractivity contribution >= 4 is 27.4 Å². The van der Waals surface area contributed by atoms with Crippen LogP contribution in [0, 0.1) is 5.82 Å². The average Bonchev–Trinajstić information content (AvgIpc) is 2.95. The predicted molar refractivity (Wildman–Crippen MR) is 148 cm³/mol. The zero-order valence-corrected chi connectivity index (χ0v) is 23.0. The number of nitrogens with one attached hydrogen (secondary N) is 1. The van der Waals surface area contributed by atoms with Crippen molar-refractivity contribution in [1.29, 1.82) is 0 Å². The number of halogens is 4. The molecule has 1 aromatic heterocycles. The van der Waals surface area contributed by atoms with Gasteiger partial charge in [0.1, 0.15) is 11.6 Å². The molecule has 0 bridgehead atoms. The second-order valence-corrected chi connectivity index (χ2v) is 10.9. The summed E-state index contributed by atoms with van der Waals surface area (Å²) in [4.78, 5) is 3.90. The number of nitrogens with zero attached hydrogens (tertiary/aromatic N) is 3. The molecule has 0 amide bonds. The summed E-state index contributed by atoms with van der Waals surface area (Å²) in [5, 5.41) is 4.33. The van der Waals surface area contributed by atoms with E-state index in [0.717, 1.165) is 22.1 Å². The molecule has 13 heteroatoms. The lowest BCUT2D eigenvalue weighted by Gasteiger charge is -2.36. The second kappa shape index (κ2) is 13.1. The van der Waals surface area contributed by atoms with E-state index in [2.05, 4.69) is 15.0 Å². The van der Waals surface area contributed by atoms with Crippen molar-refractivity contribution in [3.05, 3.63) is 126 Å². The standard InChI is InChI=1S/C28H24F4N4O3S2/c29-24-11-9-22(10-12-24)19-35(27(40)34-18-21-13-15-33-16-14-21)36(41(37,38)26-7-2-1-3-8-26)20-23-5-4-6-25(17-23)39-28(30,31)32/h1-17H,18-20H2,(H,34,40). The fourth-order valence-electron chi connectivity index (χ4n) is 3.80. The predicted octanol–water partition coefficient (Wildman–Crippen LogP) is 5.80. The summed E-state index contributed by atoms with van der Waals surface area (Å²) in [5.41, 5.74) is 1.55. The molecule has 4 aromatic rings. The Labute approximate surface area is 240 Å².